The topological polar surface area (TPSA) is 66.5 Å². The van der Waals surface area contributed by atoms with E-state index in [4.69, 9.17) is 11.6 Å². The van der Waals surface area contributed by atoms with Gasteiger partial charge in [-0.05, 0) is 36.4 Å². The molecule has 0 heterocycles. The van der Waals surface area contributed by atoms with Crippen molar-refractivity contribution in [2.45, 2.75) is 18.7 Å². The van der Waals surface area contributed by atoms with Crippen molar-refractivity contribution in [1.82, 2.24) is 4.31 Å². The number of anilines is 1. The Balaban J connectivity index is 2.36. The Hall–Kier alpha value is -1.48. The molecule has 0 unspecified atom stereocenters. The number of carbonyl (C=O) groups excluding carboxylic acids is 1. The van der Waals surface area contributed by atoms with Crippen LogP contribution in [0.4, 0.5) is 10.1 Å². The van der Waals surface area contributed by atoms with Crippen LogP contribution in [0.25, 0.3) is 0 Å². The van der Waals surface area contributed by atoms with Crippen LogP contribution in [0.2, 0.25) is 5.02 Å². The Morgan fingerprint density at radius 1 is 1.19 bits per heavy atom. The summed E-state index contributed by atoms with van der Waals surface area (Å²) >= 11 is 9.18. The van der Waals surface area contributed by atoms with Gasteiger partial charge in [0.2, 0.25) is 10.0 Å². The molecule has 2 rings (SSSR count). The average Bonchev–Trinajstić information content (AvgIpc) is 2.56. The normalized spacial score (nSPS) is 11.6. The highest BCUT2D eigenvalue weighted by Crippen LogP contribution is 2.28. The lowest BCUT2D eigenvalue weighted by molar-refractivity contribution is 0.102. The van der Waals surface area contributed by atoms with Crippen LogP contribution < -0.4 is 5.32 Å². The van der Waals surface area contributed by atoms with Crippen LogP contribution in [0.15, 0.2) is 45.8 Å². The smallest absolute Gasteiger partial charge is 0.255 e. The monoisotopic (exact) mass is 462 g/mol. The highest BCUT2D eigenvalue weighted by molar-refractivity contribution is 9.10. The van der Waals surface area contributed by atoms with Crippen molar-refractivity contribution < 1.29 is 17.6 Å². The SMILES string of the molecule is CCN(CC)S(=O)(=O)c1cc(NC(=O)c2cc(F)cc(Br)c2)ccc1Cl. The van der Waals surface area contributed by atoms with E-state index in [1.807, 2.05) is 0 Å². The summed E-state index contributed by atoms with van der Waals surface area (Å²) in [7, 11) is -3.79. The van der Waals surface area contributed by atoms with E-state index in [0.717, 1.165) is 6.07 Å². The van der Waals surface area contributed by atoms with Crippen LogP contribution in [-0.2, 0) is 10.0 Å². The van der Waals surface area contributed by atoms with E-state index in [0.29, 0.717) is 17.6 Å². The van der Waals surface area contributed by atoms with Gasteiger partial charge >= 0.3 is 0 Å². The van der Waals surface area contributed by atoms with E-state index in [-0.39, 0.29) is 21.2 Å². The predicted octanol–water partition coefficient (Wildman–Crippen LogP) is 4.52. The minimum atomic E-state index is -3.79. The summed E-state index contributed by atoms with van der Waals surface area (Å²) in [6.07, 6.45) is 0. The maximum absolute atomic E-state index is 13.5. The van der Waals surface area contributed by atoms with Crippen molar-refractivity contribution >= 4 is 49.1 Å². The highest BCUT2D eigenvalue weighted by atomic mass is 79.9. The Morgan fingerprint density at radius 3 is 2.42 bits per heavy atom. The van der Waals surface area contributed by atoms with Crippen molar-refractivity contribution in [1.29, 1.82) is 0 Å². The van der Waals surface area contributed by atoms with Crippen molar-refractivity contribution in [3.63, 3.8) is 0 Å². The highest BCUT2D eigenvalue weighted by Gasteiger charge is 2.25. The van der Waals surface area contributed by atoms with Gasteiger partial charge in [0.1, 0.15) is 10.7 Å². The van der Waals surface area contributed by atoms with Gasteiger partial charge in [0.15, 0.2) is 0 Å². The molecule has 9 heteroatoms. The number of nitrogens with zero attached hydrogens (tertiary/aromatic N) is 1. The fourth-order valence-electron chi connectivity index (χ4n) is 2.37. The van der Waals surface area contributed by atoms with E-state index in [1.165, 1.54) is 34.6 Å². The molecular weight excluding hydrogens is 447 g/mol. The number of amides is 1. The lowest BCUT2D eigenvalue weighted by atomic mass is 10.2. The van der Waals surface area contributed by atoms with Crippen LogP contribution in [0.5, 0.6) is 0 Å². The van der Waals surface area contributed by atoms with Gasteiger partial charge in [0.05, 0.1) is 5.02 Å². The first-order valence-corrected chi connectivity index (χ1v) is 10.4. The average molecular weight is 464 g/mol. The second kappa shape index (κ2) is 8.47. The number of sulfonamides is 1. The quantitative estimate of drug-likeness (QED) is 0.685. The third kappa shape index (κ3) is 4.62. The molecule has 0 saturated carbocycles. The molecule has 0 atom stereocenters. The van der Waals surface area contributed by atoms with Gasteiger partial charge in [-0.2, -0.15) is 4.31 Å². The molecule has 2 aromatic rings. The lowest BCUT2D eigenvalue weighted by Gasteiger charge is -2.19. The van der Waals surface area contributed by atoms with Gasteiger partial charge in [-0.1, -0.05) is 41.4 Å². The molecule has 2 aromatic carbocycles. The minimum Gasteiger partial charge on any atom is -0.322 e. The number of halogens is 3. The van der Waals surface area contributed by atoms with Crippen LogP contribution >= 0.6 is 27.5 Å². The van der Waals surface area contributed by atoms with E-state index in [2.05, 4.69) is 21.2 Å². The van der Waals surface area contributed by atoms with Crippen LogP contribution in [0.1, 0.15) is 24.2 Å². The first kappa shape index (κ1) is 20.8. The molecule has 1 N–H and O–H groups in total. The fraction of sp³-hybridized carbons (Fsp3) is 0.235. The zero-order chi connectivity index (χ0) is 19.5. The van der Waals surface area contributed by atoms with Gasteiger partial charge in [-0.15, -0.1) is 0 Å². The third-order valence-electron chi connectivity index (χ3n) is 3.64. The molecule has 0 fully saturated rings. The zero-order valence-corrected chi connectivity index (χ0v) is 17.3. The standard InChI is InChI=1S/C17H17BrClFN2O3S/c1-3-22(4-2)26(24,25)16-10-14(5-6-15(16)19)21-17(23)11-7-12(18)9-13(20)8-11/h5-10H,3-4H2,1-2H3,(H,21,23). The summed E-state index contributed by atoms with van der Waals surface area (Å²) in [6.45, 7) is 4.04. The van der Waals surface area contributed by atoms with Crippen molar-refractivity contribution in [2.24, 2.45) is 0 Å². The molecule has 26 heavy (non-hydrogen) atoms. The molecule has 1 amide bonds. The summed E-state index contributed by atoms with van der Waals surface area (Å²) in [5, 5.41) is 2.62. The van der Waals surface area contributed by atoms with Gasteiger partial charge in [-0.25, -0.2) is 12.8 Å². The van der Waals surface area contributed by atoms with Gasteiger partial charge < -0.3 is 5.32 Å². The molecule has 0 aliphatic rings. The molecule has 0 aliphatic carbocycles. The Kier molecular flexibility index (Phi) is 6.79. The van der Waals surface area contributed by atoms with E-state index in [1.54, 1.807) is 13.8 Å². The third-order valence-corrected chi connectivity index (χ3v) is 6.63. The van der Waals surface area contributed by atoms with E-state index < -0.39 is 21.7 Å². The van der Waals surface area contributed by atoms with Crippen molar-refractivity contribution in [3.8, 4) is 0 Å². The number of benzene rings is 2. The molecule has 0 aliphatic heterocycles. The number of carbonyl (C=O) groups is 1. The van der Waals surface area contributed by atoms with Crippen LogP contribution in [0.3, 0.4) is 0 Å². The predicted molar refractivity (Wildman–Crippen MR) is 104 cm³/mol. The molecule has 0 aromatic heterocycles. The summed E-state index contributed by atoms with van der Waals surface area (Å²) in [5.74, 6) is -1.14. The van der Waals surface area contributed by atoms with Crippen LogP contribution in [0, 0.1) is 5.82 Å². The fourth-order valence-corrected chi connectivity index (χ4v) is 4.79. The molecule has 0 spiro atoms. The summed E-state index contributed by atoms with van der Waals surface area (Å²) in [5.41, 5.74) is 0.338. The second-order valence-electron chi connectivity index (χ2n) is 5.35. The molecule has 0 radical (unpaired) electrons. The number of hydrogen-bond acceptors (Lipinski definition) is 3. The largest absolute Gasteiger partial charge is 0.322 e. The molecule has 5 nitrogen and oxygen atoms in total. The van der Waals surface area contributed by atoms with Gasteiger partial charge in [0.25, 0.3) is 5.91 Å². The maximum Gasteiger partial charge on any atom is 0.255 e. The van der Waals surface area contributed by atoms with Crippen LogP contribution in [-0.4, -0.2) is 31.7 Å². The van der Waals surface area contributed by atoms with Crippen molar-refractivity contribution in [3.05, 3.63) is 57.3 Å². The Morgan fingerprint density at radius 2 is 1.85 bits per heavy atom. The summed E-state index contributed by atoms with van der Waals surface area (Å²) in [4.78, 5) is 12.2. The molecular formula is C17H17BrClFN2O3S. The van der Waals surface area contributed by atoms with Crippen molar-refractivity contribution in [2.75, 3.05) is 18.4 Å². The first-order valence-electron chi connectivity index (χ1n) is 7.76. The number of hydrogen-bond donors (Lipinski definition) is 1. The van der Waals surface area contributed by atoms with Gasteiger partial charge in [0, 0.05) is 28.8 Å². The Labute approximate surface area is 165 Å². The zero-order valence-electron chi connectivity index (χ0n) is 14.1. The minimum absolute atomic E-state index is 0.0587. The summed E-state index contributed by atoms with van der Waals surface area (Å²) < 4.78 is 40.5. The lowest BCUT2D eigenvalue weighted by Crippen LogP contribution is -2.30. The first-order chi connectivity index (χ1) is 12.2. The summed E-state index contributed by atoms with van der Waals surface area (Å²) in [6, 6.07) is 7.95. The van der Waals surface area contributed by atoms with E-state index >= 15 is 0 Å². The maximum atomic E-state index is 13.5. The number of nitrogens with one attached hydrogen (secondary N) is 1. The number of rotatable bonds is 6. The Bertz CT molecular complexity index is 913. The molecule has 0 saturated heterocycles. The second-order valence-corrected chi connectivity index (χ2v) is 8.58. The van der Waals surface area contributed by atoms with Gasteiger partial charge in [-0.3, -0.25) is 4.79 Å². The van der Waals surface area contributed by atoms with E-state index in [9.17, 15) is 17.6 Å². The molecule has 0 bridgehead atoms. The molecule has 140 valence electrons.